The van der Waals surface area contributed by atoms with Crippen LogP contribution < -0.4 is 0 Å². The lowest BCUT2D eigenvalue weighted by Gasteiger charge is -2.15. The van der Waals surface area contributed by atoms with Crippen molar-refractivity contribution in [2.75, 3.05) is 13.2 Å². The molecule has 304 valence electrons. The summed E-state index contributed by atoms with van der Waals surface area (Å²) >= 11 is 0. The van der Waals surface area contributed by atoms with Gasteiger partial charge in [-0.2, -0.15) is 0 Å². The van der Waals surface area contributed by atoms with Crippen LogP contribution in [0.2, 0.25) is 0 Å². The number of hydrogen-bond donors (Lipinski definition) is 1. The van der Waals surface area contributed by atoms with E-state index in [1.165, 1.54) is 137 Å². The van der Waals surface area contributed by atoms with Gasteiger partial charge in [0.1, 0.15) is 29.6 Å². The van der Waals surface area contributed by atoms with E-state index >= 15 is 0 Å². The van der Waals surface area contributed by atoms with Gasteiger partial charge in [-0.1, -0.05) is 117 Å². The maximum absolute atomic E-state index is 12.3. The average molecular weight is 743 g/mol. The zero-order chi connectivity index (χ0) is 38.5. The molecule has 0 unspecified atom stereocenters. The number of esters is 2. The molecule has 0 aliphatic heterocycles. The Hall–Kier alpha value is -2.54. The van der Waals surface area contributed by atoms with Crippen molar-refractivity contribution in [2.45, 2.75) is 221 Å². The normalized spacial score (nSPS) is 12.0. The summed E-state index contributed by atoms with van der Waals surface area (Å²) in [5.41, 5.74) is 4.00. The van der Waals surface area contributed by atoms with E-state index in [2.05, 4.69) is 40.7 Å². The van der Waals surface area contributed by atoms with Crippen LogP contribution in [0, 0.1) is 20.8 Å². The lowest BCUT2D eigenvalue weighted by molar-refractivity contribution is -0.161. The van der Waals surface area contributed by atoms with Crippen molar-refractivity contribution >= 4 is 11.9 Å². The molecular formula is C46H78O7. The smallest absolute Gasteiger partial charge is 0.306 e. The van der Waals surface area contributed by atoms with Gasteiger partial charge in [-0.25, -0.2) is 0 Å². The van der Waals surface area contributed by atoms with Crippen LogP contribution in [0.25, 0.3) is 0 Å². The third kappa shape index (κ3) is 21.2. The van der Waals surface area contributed by atoms with Crippen LogP contribution in [0.5, 0.6) is 0 Å². The van der Waals surface area contributed by atoms with E-state index < -0.39 is 6.10 Å². The van der Waals surface area contributed by atoms with Gasteiger partial charge in [0.2, 0.25) is 0 Å². The number of carbonyl (C=O) groups is 2. The predicted molar refractivity (Wildman–Crippen MR) is 217 cm³/mol. The molecule has 0 saturated carbocycles. The predicted octanol–water partition coefficient (Wildman–Crippen LogP) is 12.5. The van der Waals surface area contributed by atoms with Crippen LogP contribution in [0.1, 0.15) is 208 Å². The Bertz CT molecular complexity index is 1220. The number of furan rings is 2. The molecule has 1 N–H and O–H groups in total. The monoisotopic (exact) mass is 743 g/mol. The van der Waals surface area contributed by atoms with Crippen LogP contribution >= 0.6 is 0 Å². The summed E-state index contributed by atoms with van der Waals surface area (Å²) < 4.78 is 23.0. The van der Waals surface area contributed by atoms with Crippen molar-refractivity contribution in [1.82, 2.24) is 0 Å². The molecule has 2 heterocycles. The summed E-state index contributed by atoms with van der Waals surface area (Å²) in [4.78, 5) is 24.5. The Balaban J connectivity index is 1.39. The van der Waals surface area contributed by atoms with Crippen molar-refractivity contribution in [3.05, 3.63) is 45.8 Å². The number of rotatable bonds is 34. The first-order chi connectivity index (χ1) is 25.8. The molecule has 0 aliphatic carbocycles. The summed E-state index contributed by atoms with van der Waals surface area (Å²) in [5.74, 6) is 4.07. The maximum atomic E-state index is 12.3. The average Bonchev–Trinajstić information content (AvgIpc) is 3.64. The van der Waals surface area contributed by atoms with Crippen molar-refractivity contribution in [2.24, 2.45) is 0 Å². The zero-order valence-corrected chi connectivity index (χ0v) is 34.8. The molecule has 0 aliphatic rings. The third-order valence-electron chi connectivity index (χ3n) is 10.8. The van der Waals surface area contributed by atoms with E-state index in [0.29, 0.717) is 12.8 Å². The molecule has 0 aromatic carbocycles. The molecule has 1 atom stereocenters. The van der Waals surface area contributed by atoms with Crippen LogP contribution in [0.3, 0.4) is 0 Å². The Kier molecular flexibility index (Phi) is 26.2. The van der Waals surface area contributed by atoms with Crippen LogP contribution in [-0.2, 0) is 44.7 Å². The molecule has 0 saturated heterocycles. The largest absolute Gasteiger partial charge is 0.466 e. The fourth-order valence-corrected chi connectivity index (χ4v) is 7.10. The summed E-state index contributed by atoms with van der Waals surface area (Å²) in [6, 6.07) is 2.22. The van der Waals surface area contributed by atoms with Gasteiger partial charge in [-0.3, -0.25) is 9.59 Å². The van der Waals surface area contributed by atoms with Crippen LogP contribution in [-0.4, -0.2) is 36.4 Å². The second-order valence-corrected chi connectivity index (χ2v) is 15.6. The minimum absolute atomic E-state index is 0.0854. The molecular weight excluding hydrogens is 664 g/mol. The van der Waals surface area contributed by atoms with Gasteiger partial charge in [0, 0.05) is 38.5 Å². The van der Waals surface area contributed by atoms with Crippen LogP contribution in [0.15, 0.2) is 14.9 Å². The topological polar surface area (TPSA) is 99.1 Å². The van der Waals surface area contributed by atoms with Crippen molar-refractivity contribution in [1.29, 1.82) is 0 Å². The molecule has 2 aromatic heterocycles. The molecule has 0 amide bonds. The molecule has 0 radical (unpaired) electrons. The van der Waals surface area contributed by atoms with E-state index in [1.54, 1.807) is 0 Å². The summed E-state index contributed by atoms with van der Waals surface area (Å²) in [5, 5.41) is 9.63. The molecule has 2 aromatic rings. The first-order valence-electron chi connectivity index (χ1n) is 21.9. The molecule has 7 nitrogen and oxygen atoms in total. The first kappa shape index (κ1) is 46.6. The SMILES string of the molecule is CCCCCc1cc(C)c(CCCCCCCCCCC(=O)O[C@@H](CO)COC(=O)CCCCCCCCCCc2oc(CCCCC)c(C)c2C)o1. The number of aryl methyl sites for hydroxylation is 5. The van der Waals surface area contributed by atoms with E-state index in [0.717, 1.165) is 70.0 Å². The number of hydrogen-bond acceptors (Lipinski definition) is 7. The number of ether oxygens (including phenoxy) is 2. The number of carbonyl (C=O) groups excluding carboxylic acids is 2. The van der Waals surface area contributed by atoms with E-state index in [9.17, 15) is 14.7 Å². The molecule has 53 heavy (non-hydrogen) atoms. The van der Waals surface area contributed by atoms with Gasteiger partial charge in [0.15, 0.2) is 6.10 Å². The Morgan fingerprint density at radius 2 is 1.00 bits per heavy atom. The summed E-state index contributed by atoms with van der Waals surface area (Å²) in [6.07, 6.45) is 29.4. The highest BCUT2D eigenvalue weighted by atomic mass is 16.6. The Labute approximate surface area is 323 Å². The second kappa shape index (κ2) is 29.8. The third-order valence-corrected chi connectivity index (χ3v) is 10.8. The Morgan fingerprint density at radius 3 is 1.51 bits per heavy atom. The lowest BCUT2D eigenvalue weighted by atomic mass is 10.0. The molecule has 0 fully saturated rings. The molecule has 2 rings (SSSR count). The van der Waals surface area contributed by atoms with Crippen molar-refractivity contribution in [3.63, 3.8) is 0 Å². The van der Waals surface area contributed by atoms with Gasteiger partial charge >= 0.3 is 11.9 Å². The minimum Gasteiger partial charge on any atom is -0.466 e. The number of aliphatic hydroxyl groups excluding tert-OH is 1. The lowest BCUT2D eigenvalue weighted by Crippen LogP contribution is -2.28. The minimum atomic E-state index is -0.794. The highest BCUT2D eigenvalue weighted by molar-refractivity contribution is 5.70. The summed E-state index contributed by atoms with van der Waals surface area (Å²) in [6.45, 7) is 10.6. The van der Waals surface area contributed by atoms with Crippen molar-refractivity contribution < 1.29 is 33.0 Å². The maximum Gasteiger partial charge on any atom is 0.306 e. The van der Waals surface area contributed by atoms with Gasteiger partial charge in [-0.15, -0.1) is 0 Å². The molecule has 0 spiro atoms. The second-order valence-electron chi connectivity index (χ2n) is 15.6. The first-order valence-corrected chi connectivity index (χ1v) is 21.9. The fourth-order valence-electron chi connectivity index (χ4n) is 7.10. The molecule has 7 heteroatoms. The standard InChI is InChI=1S/C46H78O7/c1-6-8-22-28-40-34-37(3)42(51-40)29-24-18-14-10-13-17-21-27-33-46(49)52-41(35-47)36-50-45(48)32-26-20-16-12-11-15-19-25-31-44-39(5)38(4)43(53-44)30-23-9-7-2/h34,41,47H,6-33,35-36H2,1-5H3/t41-/m0/s1. The molecule has 0 bridgehead atoms. The zero-order valence-electron chi connectivity index (χ0n) is 34.8. The summed E-state index contributed by atoms with van der Waals surface area (Å²) in [7, 11) is 0. The van der Waals surface area contributed by atoms with E-state index in [-0.39, 0.29) is 25.2 Å². The highest BCUT2D eigenvalue weighted by Crippen LogP contribution is 2.25. The fraction of sp³-hybridized carbons (Fsp3) is 0.783. The van der Waals surface area contributed by atoms with Gasteiger partial charge in [0.25, 0.3) is 0 Å². The van der Waals surface area contributed by atoms with Gasteiger partial charge in [0.05, 0.1) is 6.61 Å². The van der Waals surface area contributed by atoms with Crippen molar-refractivity contribution in [3.8, 4) is 0 Å². The van der Waals surface area contributed by atoms with E-state index in [4.69, 9.17) is 18.3 Å². The quantitative estimate of drug-likeness (QED) is 0.0563. The number of unbranched alkanes of at least 4 members (excludes halogenated alkanes) is 18. The number of aliphatic hydroxyl groups is 1. The van der Waals surface area contributed by atoms with Crippen LogP contribution in [0.4, 0.5) is 0 Å². The van der Waals surface area contributed by atoms with Gasteiger partial charge in [-0.05, 0) is 82.1 Å². The van der Waals surface area contributed by atoms with Gasteiger partial charge < -0.3 is 23.4 Å². The Morgan fingerprint density at radius 1 is 0.566 bits per heavy atom. The highest BCUT2D eigenvalue weighted by Gasteiger charge is 2.16. The van der Waals surface area contributed by atoms with E-state index in [1.807, 2.05) is 0 Å².